The highest BCUT2D eigenvalue weighted by atomic mass is 32.2. The first-order chi connectivity index (χ1) is 14.0. The third kappa shape index (κ3) is 4.79. The van der Waals surface area contributed by atoms with Gasteiger partial charge in [0.05, 0.1) is 5.71 Å². The summed E-state index contributed by atoms with van der Waals surface area (Å²) >= 11 is 0. The molecule has 1 N–H and O–H groups in total. The Morgan fingerprint density at radius 1 is 1.27 bits per heavy atom. The molecule has 1 aromatic heterocycles. The molecule has 1 aliphatic carbocycles. The van der Waals surface area contributed by atoms with Gasteiger partial charge in [0.25, 0.3) is 5.91 Å². The van der Waals surface area contributed by atoms with Gasteiger partial charge in [0.15, 0.2) is 0 Å². The number of alkyl halides is 3. The molecule has 164 valence electrons. The summed E-state index contributed by atoms with van der Waals surface area (Å²) in [5.74, 6) is -2.22. The SMILES string of the molecule is CCN1C(C(=O)Nc2ccnc(C(F)(F)F)n2)=CC(C2CCC(C)CC2)=NS1(=O)=O. The van der Waals surface area contributed by atoms with E-state index in [1.54, 1.807) is 0 Å². The number of hydrogen-bond donors (Lipinski definition) is 1. The van der Waals surface area contributed by atoms with Crippen molar-refractivity contribution in [2.75, 3.05) is 11.9 Å². The number of nitrogens with one attached hydrogen (secondary N) is 1. The number of halogens is 3. The number of nitrogens with zero attached hydrogens (tertiary/aromatic N) is 4. The molecule has 1 amide bonds. The van der Waals surface area contributed by atoms with Crippen LogP contribution < -0.4 is 5.32 Å². The summed E-state index contributed by atoms with van der Waals surface area (Å²) in [4.78, 5) is 19.2. The van der Waals surface area contributed by atoms with Gasteiger partial charge in [0.1, 0.15) is 11.5 Å². The van der Waals surface area contributed by atoms with Crippen LogP contribution in [0.25, 0.3) is 0 Å². The maximum Gasteiger partial charge on any atom is 0.451 e. The lowest BCUT2D eigenvalue weighted by molar-refractivity contribution is -0.144. The summed E-state index contributed by atoms with van der Waals surface area (Å²) in [5.41, 5.74) is 0.101. The van der Waals surface area contributed by atoms with Gasteiger partial charge in [0.2, 0.25) is 5.82 Å². The van der Waals surface area contributed by atoms with Crippen molar-refractivity contribution in [3.8, 4) is 0 Å². The molecule has 0 saturated heterocycles. The zero-order valence-corrected chi connectivity index (χ0v) is 17.3. The predicted molar refractivity (Wildman–Crippen MR) is 104 cm³/mol. The summed E-state index contributed by atoms with van der Waals surface area (Å²) in [7, 11) is -4.12. The number of allylic oxidation sites excluding steroid dienone is 1. The van der Waals surface area contributed by atoms with E-state index in [4.69, 9.17) is 0 Å². The lowest BCUT2D eigenvalue weighted by Crippen LogP contribution is -2.39. The van der Waals surface area contributed by atoms with E-state index in [-0.39, 0.29) is 24.0 Å². The summed E-state index contributed by atoms with van der Waals surface area (Å²) in [5, 5.41) is 2.24. The molecule has 0 unspecified atom stereocenters. The van der Waals surface area contributed by atoms with Gasteiger partial charge in [0, 0.05) is 18.7 Å². The van der Waals surface area contributed by atoms with Crippen LogP contribution in [0, 0.1) is 11.8 Å². The number of hydrogen-bond acceptors (Lipinski definition) is 5. The quantitative estimate of drug-likeness (QED) is 0.767. The molecule has 0 spiro atoms. The van der Waals surface area contributed by atoms with Crippen LogP contribution in [0.2, 0.25) is 0 Å². The van der Waals surface area contributed by atoms with Crippen LogP contribution in [0.1, 0.15) is 45.4 Å². The van der Waals surface area contributed by atoms with Crippen molar-refractivity contribution in [2.45, 2.75) is 45.7 Å². The van der Waals surface area contributed by atoms with Crippen molar-refractivity contribution in [3.63, 3.8) is 0 Å². The van der Waals surface area contributed by atoms with Crippen LogP contribution in [-0.2, 0) is 21.2 Å². The zero-order chi connectivity index (χ0) is 22.1. The number of amides is 1. The first-order valence-electron chi connectivity index (χ1n) is 9.57. The number of aromatic nitrogens is 2. The van der Waals surface area contributed by atoms with Crippen molar-refractivity contribution in [3.05, 3.63) is 29.9 Å². The van der Waals surface area contributed by atoms with Crippen molar-refractivity contribution in [2.24, 2.45) is 16.2 Å². The van der Waals surface area contributed by atoms with Gasteiger partial charge >= 0.3 is 16.4 Å². The smallest absolute Gasteiger partial charge is 0.305 e. The van der Waals surface area contributed by atoms with Crippen LogP contribution >= 0.6 is 0 Å². The molecule has 0 radical (unpaired) electrons. The predicted octanol–water partition coefficient (Wildman–Crippen LogP) is 3.17. The fraction of sp³-hybridized carbons (Fsp3) is 0.556. The lowest BCUT2D eigenvalue weighted by Gasteiger charge is -2.31. The Bertz CT molecular complexity index is 983. The first kappa shape index (κ1) is 22.2. The van der Waals surface area contributed by atoms with Crippen molar-refractivity contribution in [1.29, 1.82) is 0 Å². The minimum atomic E-state index is -4.78. The van der Waals surface area contributed by atoms with Crippen LogP contribution in [-0.4, -0.2) is 40.9 Å². The molecule has 1 fully saturated rings. The number of carbonyl (C=O) groups excluding carboxylic acids is 1. The summed E-state index contributed by atoms with van der Waals surface area (Å²) in [6.45, 7) is 3.60. The largest absolute Gasteiger partial charge is 0.451 e. The molecule has 2 heterocycles. The highest BCUT2D eigenvalue weighted by Crippen LogP contribution is 2.32. The lowest BCUT2D eigenvalue weighted by atomic mass is 9.80. The second-order valence-electron chi connectivity index (χ2n) is 7.36. The van der Waals surface area contributed by atoms with Gasteiger partial charge in [-0.25, -0.2) is 14.3 Å². The summed E-state index contributed by atoms with van der Waals surface area (Å²) < 4.78 is 68.4. The van der Waals surface area contributed by atoms with Gasteiger partial charge < -0.3 is 5.32 Å². The second kappa shape index (κ2) is 8.32. The summed E-state index contributed by atoms with van der Waals surface area (Å²) in [6, 6.07) is 1.10. The Kier molecular flexibility index (Phi) is 6.16. The Morgan fingerprint density at radius 3 is 2.53 bits per heavy atom. The Hall–Kier alpha value is -2.50. The van der Waals surface area contributed by atoms with Crippen LogP contribution in [0.4, 0.5) is 19.0 Å². The molecule has 1 aliphatic heterocycles. The Labute approximate surface area is 172 Å². The van der Waals surface area contributed by atoms with Crippen molar-refractivity contribution >= 4 is 27.6 Å². The maximum absolute atomic E-state index is 12.8. The van der Waals surface area contributed by atoms with E-state index in [2.05, 4.69) is 26.6 Å². The number of carbonyl (C=O) groups is 1. The van der Waals surface area contributed by atoms with Gasteiger partial charge in [-0.3, -0.25) is 4.79 Å². The molecule has 1 aromatic rings. The van der Waals surface area contributed by atoms with E-state index in [0.717, 1.165) is 42.3 Å². The number of rotatable bonds is 4. The topological polar surface area (TPSA) is 105 Å². The second-order valence-corrected chi connectivity index (χ2v) is 8.88. The molecule has 2 aliphatic rings. The molecule has 1 saturated carbocycles. The third-order valence-electron chi connectivity index (χ3n) is 5.16. The van der Waals surface area contributed by atoms with Gasteiger partial charge in [-0.2, -0.15) is 21.6 Å². The number of anilines is 1. The normalized spacial score (nSPS) is 24.1. The molecule has 8 nitrogen and oxygen atoms in total. The molecule has 3 rings (SSSR count). The molecule has 30 heavy (non-hydrogen) atoms. The molecule has 12 heteroatoms. The van der Waals surface area contributed by atoms with E-state index in [0.29, 0.717) is 11.6 Å². The molecular formula is C18H22F3N5O3S. The van der Waals surface area contributed by atoms with Gasteiger partial charge in [-0.05, 0) is 37.8 Å². The van der Waals surface area contributed by atoms with E-state index in [9.17, 15) is 26.4 Å². The number of likely N-dealkylation sites (N-methyl/N-ethyl adjacent to an activating group) is 1. The monoisotopic (exact) mass is 445 g/mol. The average molecular weight is 445 g/mol. The fourth-order valence-corrected chi connectivity index (χ4v) is 4.83. The van der Waals surface area contributed by atoms with Crippen LogP contribution in [0.5, 0.6) is 0 Å². The van der Waals surface area contributed by atoms with Crippen molar-refractivity contribution < 1.29 is 26.4 Å². The Morgan fingerprint density at radius 2 is 1.93 bits per heavy atom. The first-order valence-corrected chi connectivity index (χ1v) is 11.0. The minimum Gasteiger partial charge on any atom is -0.305 e. The molecular weight excluding hydrogens is 423 g/mol. The third-order valence-corrected chi connectivity index (χ3v) is 6.61. The molecule has 0 bridgehead atoms. The maximum atomic E-state index is 12.8. The average Bonchev–Trinajstić information content (AvgIpc) is 2.66. The highest BCUT2D eigenvalue weighted by Gasteiger charge is 2.36. The minimum absolute atomic E-state index is 0.0579. The van der Waals surface area contributed by atoms with Gasteiger partial charge in [-0.1, -0.05) is 19.8 Å². The van der Waals surface area contributed by atoms with Gasteiger partial charge in [-0.15, -0.1) is 4.40 Å². The standard InChI is InChI=1S/C18H22F3N5O3S/c1-3-26-14(16(27)23-15-8-9-22-17(24-15)18(19,20)21)10-13(25-30(26,28)29)12-6-4-11(2)5-7-12/h8-12H,3-7H2,1-2H3,(H,22,23,24,27). The van der Waals surface area contributed by atoms with Crippen molar-refractivity contribution in [1.82, 2.24) is 14.3 Å². The van der Waals surface area contributed by atoms with E-state index in [1.165, 1.54) is 13.0 Å². The molecule has 0 atom stereocenters. The Balaban J connectivity index is 1.89. The van der Waals surface area contributed by atoms with E-state index in [1.807, 2.05) is 0 Å². The van der Waals surface area contributed by atoms with Crippen LogP contribution in [0.3, 0.4) is 0 Å². The van der Waals surface area contributed by atoms with E-state index >= 15 is 0 Å². The zero-order valence-electron chi connectivity index (χ0n) is 16.5. The fourth-order valence-electron chi connectivity index (χ4n) is 3.55. The van der Waals surface area contributed by atoms with E-state index < -0.39 is 28.1 Å². The highest BCUT2D eigenvalue weighted by molar-refractivity contribution is 7.88. The summed E-state index contributed by atoms with van der Waals surface area (Å²) in [6.07, 6.45) is 0.871. The molecule has 0 aromatic carbocycles. The van der Waals surface area contributed by atoms with Crippen LogP contribution in [0.15, 0.2) is 28.4 Å².